The summed E-state index contributed by atoms with van der Waals surface area (Å²) in [6.07, 6.45) is -3.58. The van der Waals surface area contributed by atoms with Crippen molar-refractivity contribution in [1.82, 2.24) is 10.3 Å². The number of pyridine rings is 1. The van der Waals surface area contributed by atoms with Crippen molar-refractivity contribution in [2.45, 2.75) is 38.0 Å². The Morgan fingerprint density at radius 2 is 2.10 bits per heavy atom. The molecule has 2 amide bonds. The molecule has 1 aromatic heterocycles. The number of aryl methyl sites for hydroxylation is 1. The summed E-state index contributed by atoms with van der Waals surface area (Å²) in [6.45, 7) is 1.72. The van der Waals surface area contributed by atoms with Crippen LogP contribution >= 0.6 is 11.6 Å². The molecule has 206 valence electrons. The van der Waals surface area contributed by atoms with E-state index in [1.54, 1.807) is 13.8 Å². The number of alkyl halides is 3. The number of halogens is 4. The van der Waals surface area contributed by atoms with Gasteiger partial charge in [0.15, 0.2) is 12.4 Å². The highest BCUT2D eigenvalue weighted by Crippen LogP contribution is 2.32. The smallest absolute Gasteiger partial charge is 0.422 e. The molecule has 0 saturated carbocycles. The number of ether oxygens (including phenoxy) is 1. The summed E-state index contributed by atoms with van der Waals surface area (Å²) in [6, 6.07) is 6.54. The van der Waals surface area contributed by atoms with Gasteiger partial charge in [-0.05, 0) is 54.9 Å². The zero-order valence-corrected chi connectivity index (χ0v) is 22.2. The van der Waals surface area contributed by atoms with E-state index in [-0.39, 0.29) is 51.5 Å². The molecule has 1 unspecified atom stereocenters. The van der Waals surface area contributed by atoms with Gasteiger partial charge in [0.05, 0.1) is 34.3 Å². The maximum absolute atomic E-state index is 13.5. The van der Waals surface area contributed by atoms with E-state index >= 15 is 0 Å². The molecule has 1 aromatic carbocycles. The fourth-order valence-corrected chi connectivity index (χ4v) is 5.85. The minimum atomic E-state index is -4.62. The number of nitriles is 1. The summed E-state index contributed by atoms with van der Waals surface area (Å²) < 4.78 is 54.6. The van der Waals surface area contributed by atoms with E-state index < -0.39 is 47.4 Å². The van der Waals surface area contributed by atoms with Crippen LogP contribution in [0.1, 0.15) is 34.8 Å². The highest BCUT2D eigenvalue weighted by Gasteiger charge is 2.46. The molecule has 1 saturated heterocycles. The van der Waals surface area contributed by atoms with Gasteiger partial charge in [0, 0.05) is 6.20 Å². The van der Waals surface area contributed by atoms with Crippen molar-refractivity contribution < 1.29 is 32.0 Å². The van der Waals surface area contributed by atoms with Crippen LogP contribution in [0.15, 0.2) is 35.6 Å². The monoisotopic (exact) mass is 582 g/mol. The van der Waals surface area contributed by atoms with Gasteiger partial charge in [0.2, 0.25) is 11.8 Å². The van der Waals surface area contributed by atoms with Crippen LogP contribution in [-0.4, -0.2) is 63.1 Å². The van der Waals surface area contributed by atoms with Gasteiger partial charge in [-0.25, -0.2) is 9.99 Å². The third kappa shape index (κ3) is 6.55. The normalized spacial score (nSPS) is 22.4. The Hall–Kier alpha value is -3.54. The molecule has 2 aliphatic rings. The van der Waals surface area contributed by atoms with Gasteiger partial charge < -0.3 is 19.9 Å². The van der Waals surface area contributed by atoms with E-state index in [4.69, 9.17) is 16.3 Å². The summed E-state index contributed by atoms with van der Waals surface area (Å²) >= 11 is 5.17. The standard InChI is InChI=1S/C24H22ClF3N6O4S/c1-13-6-14(9-29)7-15(21(35)32-23(2)11-39(37)12-23)19(13)31-22(36)17-8-18(38-10-24(26,27)28)33-34(17)20-16(25)4-3-5-30-20/h3-7,17H,8,10-12H2,1-2H3,(H,31,36)(H,32,35). The van der Waals surface area contributed by atoms with Gasteiger partial charge >= 0.3 is 6.18 Å². The molecule has 1 atom stereocenters. The molecule has 0 aliphatic carbocycles. The van der Waals surface area contributed by atoms with Crippen molar-refractivity contribution in [3.63, 3.8) is 0 Å². The van der Waals surface area contributed by atoms with E-state index in [1.807, 2.05) is 6.07 Å². The fraction of sp³-hybridized carbons (Fsp3) is 0.375. The molecule has 0 bridgehead atoms. The van der Waals surface area contributed by atoms with Crippen molar-refractivity contribution in [2.24, 2.45) is 5.10 Å². The Morgan fingerprint density at radius 3 is 2.72 bits per heavy atom. The molecule has 39 heavy (non-hydrogen) atoms. The molecular weight excluding hydrogens is 561 g/mol. The van der Waals surface area contributed by atoms with Crippen molar-refractivity contribution in [2.75, 3.05) is 28.4 Å². The average Bonchev–Trinajstić information content (AvgIpc) is 3.27. The van der Waals surface area contributed by atoms with Crippen LogP contribution in [0.3, 0.4) is 0 Å². The van der Waals surface area contributed by atoms with Crippen LogP contribution < -0.4 is 15.6 Å². The first-order valence-corrected chi connectivity index (χ1v) is 13.3. The van der Waals surface area contributed by atoms with Gasteiger partial charge in [0.1, 0.15) is 23.1 Å². The van der Waals surface area contributed by atoms with Gasteiger partial charge in [0.25, 0.3) is 5.91 Å². The number of hydrazone groups is 1. The fourth-order valence-electron chi connectivity index (χ4n) is 4.17. The summed E-state index contributed by atoms with van der Waals surface area (Å²) in [5.41, 5.74) is -0.0568. The summed E-state index contributed by atoms with van der Waals surface area (Å²) in [7, 11) is 0. The first-order valence-electron chi connectivity index (χ1n) is 11.5. The molecule has 2 aliphatic heterocycles. The van der Waals surface area contributed by atoms with Crippen molar-refractivity contribution in [1.29, 1.82) is 5.26 Å². The average molecular weight is 583 g/mol. The van der Waals surface area contributed by atoms with Crippen LogP contribution in [0.25, 0.3) is 0 Å². The Labute approximate surface area is 229 Å². The number of hydrogen-bond donors (Lipinski definition) is 2. The molecule has 0 spiro atoms. The molecule has 0 radical (unpaired) electrons. The van der Waals surface area contributed by atoms with E-state index in [1.165, 1.54) is 30.5 Å². The molecule has 15 heteroatoms. The van der Waals surface area contributed by atoms with Crippen LogP contribution in [0, 0.1) is 18.3 Å². The maximum Gasteiger partial charge on any atom is 0.422 e. The highest BCUT2D eigenvalue weighted by atomic mass is 35.5. The maximum atomic E-state index is 13.5. The number of benzene rings is 1. The molecule has 10 nitrogen and oxygen atoms in total. The van der Waals surface area contributed by atoms with Gasteiger partial charge in [-0.1, -0.05) is 11.6 Å². The lowest BCUT2D eigenvalue weighted by Crippen LogP contribution is -2.63. The predicted octanol–water partition coefficient (Wildman–Crippen LogP) is 3.28. The van der Waals surface area contributed by atoms with E-state index in [0.29, 0.717) is 5.56 Å². The summed E-state index contributed by atoms with van der Waals surface area (Å²) in [5, 5.41) is 20.1. The van der Waals surface area contributed by atoms with E-state index in [0.717, 1.165) is 5.01 Å². The highest BCUT2D eigenvalue weighted by molar-refractivity contribution is 7.93. The lowest BCUT2D eigenvalue weighted by atomic mass is 10.0. The number of aromatic nitrogens is 1. The van der Waals surface area contributed by atoms with Gasteiger partial charge in [-0.2, -0.15) is 18.4 Å². The summed E-state index contributed by atoms with van der Waals surface area (Å²) in [5.74, 6) is -1.13. The number of carbonyl (C=O) groups excluding carboxylic acids is 2. The molecule has 1 fully saturated rings. The van der Waals surface area contributed by atoms with Gasteiger partial charge in [-0.15, -0.1) is 5.10 Å². The third-order valence-electron chi connectivity index (χ3n) is 5.88. The van der Waals surface area contributed by atoms with Crippen LogP contribution in [-0.2, 0) is 20.7 Å². The van der Waals surface area contributed by atoms with Gasteiger partial charge in [-0.3, -0.25) is 9.59 Å². The van der Waals surface area contributed by atoms with Crippen molar-refractivity contribution >= 4 is 52.0 Å². The lowest BCUT2D eigenvalue weighted by molar-refractivity contribution is -0.156. The number of anilines is 2. The second-order valence-electron chi connectivity index (χ2n) is 9.33. The number of nitrogens with one attached hydrogen (secondary N) is 2. The second kappa shape index (κ2) is 10.9. The van der Waals surface area contributed by atoms with E-state index in [2.05, 4.69) is 20.7 Å². The molecular formula is C24H22ClF3N6O4S. The zero-order chi connectivity index (χ0) is 28.5. The topological polar surface area (TPSA) is 143 Å². The Morgan fingerprint density at radius 1 is 1.38 bits per heavy atom. The molecule has 4 rings (SSSR count). The Bertz CT molecular complexity index is 1380. The minimum absolute atomic E-state index is 0.00585. The first-order chi connectivity index (χ1) is 18.3. The first kappa shape index (κ1) is 28.5. The quantitative estimate of drug-likeness (QED) is 0.498. The Balaban J connectivity index is 1.63. The summed E-state index contributed by atoms with van der Waals surface area (Å²) in [4.78, 5) is 30.8. The van der Waals surface area contributed by atoms with Crippen LogP contribution in [0.5, 0.6) is 0 Å². The minimum Gasteiger partial charge on any atom is -0.616 e. The SMILES string of the molecule is Cc1cc(C#N)cc(C(=O)NC2(C)C[S+]([O-])C2)c1NC(=O)C1CC(OCC(F)(F)F)=NN1c1ncccc1Cl. The Kier molecular flexibility index (Phi) is 7.97. The van der Waals surface area contributed by atoms with Crippen molar-refractivity contribution in [3.05, 3.63) is 52.2 Å². The molecule has 2 N–H and O–H groups in total. The third-order valence-corrected chi connectivity index (χ3v) is 8.09. The zero-order valence-electron chi connectivity index (χ0n) is 20.6. The van der Waals surface area contributed by atoms with Crippen LogP contribution in [0.4, 0.5) is 24.7 Å². The van der Waals surface area contributed by atoms with E-state index in [9.17, 15) is 32.6 Å². The number of amides is 2. The lowest BCUT2D eigenvalue weighted by Gasteiger charge is -2.39. The predicted molar refractivity (Wildman–Crippen MR) is 138 cm³/mol. The number of hydrogen-bond acceptors (Lipinski definition) is 8. The molecule has 2 aromatic rings. The second-order valence-corrected chi connectivity index (χ2v) is 11.2. The molecule has 3 heterocycles. The number of carbonyl (C=O) groups is 2. The van der Waals surface area contributed by atoms with Crippen molar-refractivity contribution in [3.8, 4) is 6.07 Å². The van der Waals surface area contributed by atoms with Crippen LogP contribution in [0.2, 0.25) is 5.02 Å². The number of nitrogens with zero attached hydrogens (tertiary/aromatic N) is 4. The largest absolute Gasteiger partial charge is 0.616 e. The number of rotatable bonds is 6.